The summed E-state index contributed by atoms with van der Waals surface area (Å²) in [6.07, 6.45) is 1.10. The zero-order valence-corrected chi connectivity index (χ0v) is 13.4. The highest BCUT2D eigenvalue weighted by atomic mass is 32.2. The van der Waals surface area contributed by atoms with Gasteiger partial charge in [0.15, 0.2) is 0 Å². The SMILES string of the molecule is O=C(O)c1ccc2c(c1)N(S(=O)(=O)CCc1cccs1)CC2. The van der Waals surface area contributed by atoms with E-state index >= 15 is 0 Å². The van der Waals surface area contributed by atoms with Crippen LogP contribution in [0.25, 0.3) is 0 Å². The Bertz CT molecular complexity index is 797. The van der Waals surface area contributed by atoms with Crippen LogP contribution in [-0.4, -0.2) is 31.8 Å². The zero-order chi connectivity index (χ0) is 15.7. The smallest absolute Gasteiger partial charge is 0.335 e. The standard InChI is InChI=1S/C15H15NO4S2/c17-15(18)12-4-3-11-5-7-16(14(11)10-12)22(19,20)9-6-13-2-1-8-21-13/h1-4,8,10H,5-7,9H2,(H,17,18). The number of sulfonamides is 1. The molecule has 1 aromatic heterocycles. The molecule has 0 saturated heterocycles. The third kappa shape index (κ3) is 2.86. The van der Waals surface area contributed by atoms with E-state index in [-0.39, 0.29) is 11.3 Å². The molecule has 0 spiro atoms. The van der Waals surface area contributed by atoms with E-state index < -0.39 is 16.0 Å². The maximum Gasteiger partial charge on any atom is 0.335 e. The van der Waals surface area contributed by atoms with E-state index in [2.05, 4.69) is 0 Å². The molecule has 22 heavy (non-hydrogen) atoms. The van der Waals surface area contributed by atoms with Crippen molar-refractivity contribution in [3.05, 3.63) is 51.7 Å². The van der Waals surface area contributed by atoms with Crippen LogP contribution < -0.4 is 4.31 Å². The van der Waals surface area contributed by atoms with E-state index in [0.717, 1.165) is 10.4 Å². The number of hydrogen-bond acceptors (Lipinski definition) is 4. The van der Waals surface area contributed by atoms with E-state index in [4.69, 9.17) is 5.11 Å². The highest BCUT2D eigenvalue weighted by molar-refractivity contribution is 7.92. The number of anilines is 1. The fraction of sp³-hybridized carbons (Fsp3) is 0.267. The molecule has 0 atom stereocenters. The van der Waals surface area contributed by atoms with Gasteiger partial charge in [-0.1, -0.05) is 12.1 Å². The van der Waals surface area contributed by atoms with Crippen LogP contribution in [0.2, 0.25) is 0 Å². The second-order valence-corrected chi connectivity index (χ2v) is 8.16. The Hall–Kier alpha value is -1.86. The molecule has 2 heterocycles. The van der Waals surface area contributed by atoms with Crippen molar-refractivity contribution >= 4 is 33.0 Å². The number of hydrogen-bond donors (Lipinski definition) is 1. The van der Waals surface area contributed by atoms with Gasteiger partial charge in [-0.25, -0.2) is 13.2 Å². The van der Waals surface area contributed by atoms with Crippen LogP contribution in [0.3, 0.4) is 0 Å². The molecule has 7 heteroatoms. The maximum absolute atomic E-state index is 12.6. The number of carbonyl (C=O) groups is 1. The first-order chi connectivity index (χ1) is 10.5. The molecule has 1 aliphatic rings. The summed E-state index contributed by atoms with van der Waals surface area (Å²) >= 11 is 1.54. The summed E-state index contributed by atoms with van der Waals surface area (Å²) in [4.78, 5) is 12.1. The van der Waals surface area contributed by atoms with Crippen molar-refractivity contribution in [3.8, 4) is 0 Å². The maximum atomic E-state index is 12.6. The zero-order valence-electron chi connectivity index (χ0n) is 11.7. The van der Waals surface area contributed by atoms with Crippen molar-refractivity contribution in [3.63, 3.8) is 0 Å². The number of carboxylic acids is 1. The third-order valence-corrected chi connectivity index (χ3v) is 6.41. The van der Waals surface area contributed by atoms with Gasteiger partial charge in [-0.3, -0.25) is 4.31 Å². The summed E-state index contributed by atoms with van der Waals surface area (Å²) < 4.78 is 26.5. The quantitative estimate of drug-likeness (QED) is 0.909. The van der Waals surface area contributed by atoms with Crippen LogP contribution in [0.4, 0.5) is 5.69 Å². The van der Waals surface area contributed by atoms with E-state index in [1.54, 1.807) is 6.07 Å². The summed E-state index contributed by atoms with van der Waals surface area (Å²) in [5.41, 5.74) is 1.50. The number of carboxylic acid groups (broad SMARTS) is 1. The van der Waals surface area contributed by atoms with Crippen LogP contribution >= 0.6 is 11.3 Å². The van der Waals surface area contributed by atoms with Gasteiger partial charge in [0.25, 0.3) is 0 Å². The van der Waals surface area contributed by atoms with Crippen molar-refractivity contribution < 1.29 is 18.3 Å². The lowest BCUT2D eigenvalue weighted by Crippen LogP contribution is -2.32. The van der Waals surface area contributed by atoms with Crippen LogP contribution in [0.15, 0.2) is 35.7 Å². The Morgan fingerprint density at radius 3 is 2.82 bits per heavy atom. The summed E-state index contributed by atoms with van der Waals surface area (Å²) in [5.74, 6) is -1.02. The molecular weight excluding hydrogens is 322 g/mol. The molecule has 5 nitrogen and oxygen atoms in total. The highest BCUT2D eigenvalue weighted by Crippen LogP contribution is 2.31. The fourth-order valence-corrected chi connectivity index (χ4v) is 4.94. The molecule has 1 N–H and O–H groups in total. The molecule has 116 valence electrons. The number of thiophene rings is 1. The Balaban J connectivity index is 1.84. The topological polar surface area (TPSA) is 74.7 Å². The van der Waals surface area contributed by atoms with Crippen molar-refractivity contribution in [2.45, 2.75) is 12.8 Å². The molecule has 0 amide bonds. The first-order valence-corrected chi connectivity index (χ1v) is 9.35. The molecule has 3 rings (SSSR count). The number of aryl methyl sites for hydroxylation is 1. The predicted octanol–water partition coefficient (Wildman–Crippen LogP) is 2.38. The molecule has 0 fully saturated rings. The molecule has 1 aliphatic heterocycles. The minimum absolute atomic E-state index is 0.0320. The average Bonchev–Trinajstić information content (AvgIpc) is 3.14. The Morgan fingerprint density at radius 1 is 1.32 bits per heavy atom. The molecule has 0 bridgehead atoms. The molecule has 2 aromatic rings. The molecule has 0 aliphatic carbocycles. The number of aromatic carboxylic acids is 1. The Labute approximate surface area is 132 Å². The predicted molar refractivity (Wildman–Crippen MR) is 86.3 cm³/mol. The van der Waals surface area contributed by atoms with Gasteiger partial charge in [0.2, 0.25) is 10.0 Å². The highest BCUT2D eigenvalue weighted by Gasteiger charge is 2.29. The lowest BCUT2D eigenvalue weighted by Gasteiger charge is -2.19. The molecule has 1 aromatic carbocycles. The van der Waals surface area contributed by atoms with Crippen molar-refractivity contribution in [2.75, 3.05) is 16.6 Å². The summed E-state index contributed by atoms with van der Waals surface area (Å²) in [6, 6.07) is 8.49. The van der Waals surface area contributed by atoms with Gasteiger partial charge in [0.1, 0.15) is 0 Å². The van der Waals surface area contributed by atoms with Crippen LogP contribution in [-0.2, 0) is 22.9 Å². The fourth-order valence-electron chi connectivity index (χ4n) is 2.57. The summed E-state index contributed by atoms with van der Waals surface area (Å²) in [5, 5.41) is 11.0. The van der Waals surface area contributed by atoms with E-state index in [0.29, 0.717) is 25.1 Å². The third-order valence-electron chi connectivity index (χ3n) is 3.71. The summed E-state index contributed by atoms with van der Waals surface area (Å²) in [7, 11) is -3.44. The Morgan fingerprint density at radius 2 is 2.14 bits per heavy atom. The first kappa shape index (κ1) is 15.1. The normalized spacial score (nSPS) is 14.1. The lowest BCUT2D eigenvalue weighted by molar-refractivity contribution is 0.0697. The minimum Gasteiger partial charge on any atom is -0.478 e. The second-order valence-electron chi connectivity index (χ2n) is 5.12. The van der Waals surface area contributed by atoms with E-state index in [1.807, 2.05) is 17.5 Å². The van der Waals surface area contributed by atoms with Crippen LogP contribution in [0.5, 0.6) is 0 Å². The average molecular weight is 337 g/mol. The van der Waals surface area contributed by atoms with Gasteiger partial charge >= 0.3 is 5.97 Å². The molecule has 0 saturated carbocycles. The summed E-state index contributed by atoms with van der Waals surface area (Å²) in [6.45, 7) is 0.380. The van der Waals surface area contributed by atoms with Crippen LogP contribution in [0.1, 0.15) is 20.8 Å². The van der Waals surface area contributed by atoms with E-state index in [9.17, 15) is 13.2 Å². The van der Waals surface area contributed by atoms with Gasteiger partial charge in [-0.2, -0.15) is 0 Å². The van der Waals surface area contributed by atoms with Crippen molar-refractivity contribution in [1.29, 1.82) is 0 Å². The van der Waals surface area contributed by atoms with Crippen molar-refractivity contribution in [1.82, 2.24) is 0 Å². The number of benzene rings is 1. The monoisotopic (exact) mass is 337 g/mol. The van der Waals surface area contributed by atoms with Crippen LogP contribution in [0, 0.1) is 0 Å². The van der Waals surface area contributed by atoms with E-state index in [1.165, 1.54) is 27.8 Å². The molecular formula is C15H15NO4S2. The Kier molecular flexibility index (Phi) is 3.92. The molecule has 0 unspecified atom stereocenters. The lowest BCUT2D eigenvalue weighted by atomic mass is 10.1. The number of fused-ring (bicyclic) bond motifs is 1. The number of rotatable bonds is 5. The second kappa shape index (κ2) is 5.73. The van der Waals surface area contributed by atoms with Gasteiger partial charge in [-0.15, -0.1) is 11.3 Å². The number of nitrogens with zero attached hydrogens (tertiary/aromatic N) is 1. The largest absolute Gasteiger partial charge is 0.478 e. The van der Waals surface area contributed by atoms with Crippen molar-refractivity contribution in [2.24, 2.45) is 0 Å². The van der Waals surface area contributed by atoms with Gasteiger partial charge in [0, 0.05) is 11.4 Å². The van der Waals surface area contributed by atoms with Gasteiger partial charge in [0.05, 0.1) is 17.0 Å². The first-order valence-electron chi connectivity index (χ1n) is 6.86. The van der Waals surface area contributed by atoms with Gasteiger partial charge < -0.3 is 5.11 Å². The minimum atomic E-state index is -3.44. The molecule has 0 radical (unpaired) electrons. The van der Waals surface area contributed by atoms with Gasteiger partial charge in [-0.05, 0) is 42.0 Å².